The molecule has 114 valence electrons. The van der Waals surface area contributed by atoms with Crippen LogP contribution in [0, 0.1) is 0 Å². The molecule has 1 amide bonds. The highest BCUT2D eigenvalue weighted by Gasteiger charge is 2.38. The number of nitrogens with one attached hydrogen (secondary N) is 1. The maximum atomic E-state index is 12.4. The van der Waals surface area contributed by atoms with Gasteiger partial charge in [-0.25, -0.2) is 0 Å². The molecule has 7 heteroatoms. The van der Waals surface area contributed by atoms with Gasteiger partial charge in [-0.3, -0.25) is 4.79 Å². The molecule has 0 unspecified atom stereocenters. The summed E-state index contributed by atoms with van der Waals surface area (Å²) < 4.78 is 0.544. The fourth-order valence-corrected chi connectivity index (χ4v) is 2.88. The van der Waals surface area contributed by atoms with E-state index in [1.807, 2.05) is 7.05 Å². The van der Waals surface area contributed by atoms with E-state index in [1.54, 1.807) is 12.1 Å². The van der Waals surface area contributed by atoms with Crippen molar-refractivity contribution in [1.29, 1.82) is 0 Å². The first-order valence-corrected chi connectivity index (χ1v) is 7.84. The average molecular weight is 372 g/mol. The number of phenols is 1. The second-order valence-corrected chi connectivity index (χ2v) is 6.66. The zero-order valence-corrected chi connectivity index (χ0v) is 14.1. The lowest BCUT2D eigenvalue weighted by Gasteiger charge is -2.40. The molecule has 1 saturated heterocycles. The molecule has 1 aromatic rings. The number of carbonyl (C=O) groups is 1. The Hall–Kier alpha value is -1.18. The Balaban J connectivity index is 2.19. The number of hydrogen-bond acceptors (Lipinski definition) is 4. The largest absolute Gasteiger partial charge is 0.507 e. The molecule has 5 nitrogen and oxygen atoms in total. The summed E-state index contributed by atoms with van der Waals surface area (Å²) in [5, 5.41) is 12.6. The number of nitrogens with zero attached hydrogens (tertiary/aromatic N) is 1. The maximum Gasteiger partial charge on any atom is 0.252 e. The Morgan fingerprint density at radius 2 is 2.10 bits per heavy atom. The standard InChI is InChI=1S/C14H18BrN3O2S/c1-18-6-4-14(5-7-18,13(16)21)17-12(20)9-2-3-10(15)11(19)8-9/h2-3,8,19H,4-7H2,1H3,(H2,16,21)(H,17,20). The van der Waals surface area contributed by atoms with Gasteiger partial charge in [0.05, 0.1) is 15.0 Å². The van der Waals surface area contributed by atoms with Crippen molar-refractivity contribution in [3.05, 3.63) is 28.2 Å². The predicted molar refractivity (Wildman–Crippen MR) is 89.5 cm³/mol. The zero-order chi connectivity index (χ0) is 15.6. The molecule has 1 heterocycles. The second kappa shape index (κ2) is 6.29. The molecule has 21 heavy (non-hydrogen) atoms. The fraction of sp³-hybridized carbons (Fsp3) is 0.429. The zero-order valence-electron chi connectivity index (χ0n) is 11.7. The molecule has 0 spiro atoms. The van der Waals surface area contributed by atoms with Crippen LogP contribution >= 0.6 is 28.1 Å². The van der Waals surface area contributed by atoms with Crippen molar-refractivity contribution >= 4 is 39.0 Å². The summed E-state index contributed by atoms with van der Waals surface area (Å²) in [5.41, 5.74) is 5.60. The van der Waals surface area contributed by atoms with Crippen LogP contribution in [0.5, 0.6) is 5.75 Å². The number of likely N-dealkylation sites (tertiary alicyclic amines) is 1. The third kappa shape index (κ3) is 3.53. The summed E-state index contributed by atoms with van der Waals surface area (Å²) in [5.74, 6) is -0.259. The minimum atomic E-state index is -0.651. The minimum Gasteiger partial charge on any atom is -0.507 e. The van der Waals surface area contributed by atoms with Gasteiger partial charge in [-0.05, 0) is 54.0 Å². The van der Waals surface area contributed by atoms with Crippen molar-refractivity contribution in [3.63, 3.8) is 0 Å². The number of phenolic OH excluding ortho intramolecular Hbond substituents is 1. The van der Waals surface area contributed by atoms with E-state index in [4.69, 9.17) is 18.0 Å². The highest BCUT2D eigenvalue weighted by atomic mass is 79.9. The van der Waals surface area contributed by atoms with Crippen LogP contribution in [-0.4, -0.2) is 46.6 Å². The number of amides is 1. The van der Waals surface area contributed by atoms with E-state index in [0.29, 0.717) is 27.9 Å². The van der Waals surface area contributed by atoms with E-state index in [9.17, 15) is 9.90 Å². The molecular weight excluding hydrogens is 354 g/mol. The van der Waals surface area contributed by atoms with Crippen molar-refractivity contribution in [1.82, 2.24) is 10.2 Å². The number of benzene rings is 1. The second-order valence-electron chi connectivity index (χ2n) is 5.37. The Labute approximate surface area is 137 Å². The van der Waals surface area contributed by atoms with Crippen molar-refractivity contribution < 1.29 is 9.90 Å². The van der Waals surface area contributed by atoms with Gasteiger partial charge in [0.15, 0.2) is 0 Å². The normalized spacial score (nSPS) is 18.2. The molecule has 0 aromatic heterocycles. The van der Waals surface area contributed by atoms with Crippen molar-refractivity contribution in [3.8, 4) is 5.75 Å². The predicted octanol–water partition coefficient (Wildman–Crippen LogP) is 1.63. The van der Waals surface area contributed by atoms with Crippen LogP contribution in [0.2, 0.25) is 0 Å². The van der Waals surface area contributed by atoms with Crippen LogP contribution in [0.3, 0.4) is 0 Å². The van der Waals surface area contributed by atoms with Crippen LogP contribution in [0.25, 0.3) is 0 Å². The first-order chi connectivity index (χ1) is 9.84. The SMILES string of the molecule is CN1CCC(NC(=O)c2ccc(Br)c(O)c2)(C(N)=S)CC1. The Morgan fingerprint density at radius 1 is 1.48 bits per heavy atom. The van der Waals surface area contributed by atoms with Crippen molar-refractivity contribution in [2.24, 2.45) is 5.73 Å². The molecule has 1 fully saturated rings. The first-order valence-electron chi connectivity index (χ1n) is 6.63. The fourth-order valence-electron chi connectivity index (χ4n) is 2.38. The highest BCUT2D eigenvalue weighted by molar-refractivity contribution is 9.10. The topological polar surface area (TPSA) is 78.6 Å². The molecule has 0 atom stereocenters. The molecule has 0 bridgehead atoms. The summed E-state index contributed by atoms with van der Waals surface area (Å²) in [6.45, 7) is 1.65. The summed E-state index contributed by atoms with van der Waals surface area (Å²) in [4.78, 5) is 14.9. The highest BCUT2D eigenvalue weighted by Crippen LogP contribution is 2.26. The van der Waals surface area contributed by atoms with Gasteiger partial charge in [0, 0.05) is 18.7 Å². The number of halogens is 1. The number of rotatable bonds is 3. The lowest BCUT2D eigenvalue weighted by Crippen LogP contribution is -2.61. The monoisotopic (exact) mass is 371 g/mol. The van der Waals surface area contributed by atoms with Gasteiger partial charge in [0.25, 0.3) is 5.91 Å². The van der Waals surface area contributed by atoms with Gasteiger partial charge in [-0.2, -0.15) is 0 Å². The van der Waals surface area contributed by atoms with E-state index >= 15 is 0 Å². The third-order valence-corrected chi connectivity index (χ3v) is 4.93. The Morgan fingerprint density at radius 3 is 2.62 bits per heavy atom. The average Bonchev–Trinajstić information content (AvgIpc) is 2.44. The van der Waals surface area contributed by atoms with Gasteiger partial charge >= 0.3 is 0 Å². The first kappa shape index (κ1) is 16.2. The van der Waals surface area contributed by atoms with E-state index in [0.717, 1.165) is 13.1 Å². The number of piperidine rings is 1. The van der Waals surface area contributed by atoms with Gasteiger partial charge in [0.1, 0.15) is 5.75 Å². The van der Waals surface area contributed by atoms with Gasteiger partial charge in [0.2, 0.25) is 0 Å². The molecule has 1 aliphatic heterocycles. The summed E-state index contributed by atoms with van der Waals surface area (Å²) in [6.07, 6.45) is 1.38. The molecular formula is C14H18BrN3O2S. The lowest BCUT2D eigenvalue weighted by molar-refractivity contribution is 0.0890. The van der Waals surface area contributed by atoms with Gasteiger partial charge in [-0.15, -0.1) is 0 Å². The third-order valence-electron chi connectivity index (χ3n) is 3.87. The van der Waals surface area contributed by atoms with Crippen LogP contribution in [0.15, 0.2) is 22.7 Å². The number of nitrogens with two attached hydrogens (primary N) is 1. The van der Waals surface area contributed by atoms with E-state index in [-0.39, 0.29) is 11.7 Å². The van der Waals surface area contributed by atoms with E-state index in [1.165, 1.54) is 6.07 Å². The number of thiocarbonyl (C=S) groups is 1. The summed E-state index contributed by atoms with van der Waals surface area (Å²) in [6, 6.07) is 4.69. The molecule has 0 radical (unpaired) electrons. The quantitative estimate of drug-likeness (QED) is 0.703. The number of hydrogen-bond donors (Lipinski definition) is 3. The van der Waals surface area contributed by atoms with Gasteiger partial charge in [-0.1, -0.05) is 12.2 Å². The van der Waals surface area contributed by atoms with Crippen LogP contribution in [0.1, 0.15) is 23.2 Å². The number of carbonyl (C=O) groups excluding carboxylic acids is 1. The maximum absolute atomic E-state index is 12.4. The summed E-state index contributed by atoms with van der Waals surface area (Å²) in [7, 11) is 2.03. The van der Waals surface area contributed by atoms with Crippen LogP contribution in [0.4, 0.5) is 0 Å². The minimum absolute atomic E-state index is 0.0235. The van der Waals surface area contributed by atoms with Gasteiger partial charge < -0.3 is 21.1 Å². The molecule has 1 aromatic carbocycles. The lowest BCUT2D eigenvalue weighted by atomic mass is 9.87. The van der Waals surface area contributed by atoms with Crippen LogP contribution in [-0.2, 0) is 0 Å². The van der Waals surface area contributed by atoms with Crippen LogP contribution < -0.4 is 11.1 Å². The molecule has 0 saturated carbocycles. The molecule has 2 rings (SSSR count). The summed E-state index contributed by atoms with van der Waals surface area (Å²) >= 11 is 8.36. The van der Waals surface area contributed by atoms with E-state index in [2.05, 4.69) is 26.1 Å². The molecule has 4 N–H and O–H groups in total. The Kier molecular flexibility index (Phi) is 4.85. The van der Waals surface area contributed by atoms with Crippen molar-refractivity contribution in [2.45, 2.75) is 18.4 Å². The van der Waals surface area contributed by atoms with E-state index < -0.39 is 5.54 Å². The molecule has 1 aliphatic rings. The Bertz CT molecular complexity index is 571. The smallest absolute Gasteiger partial charge is 0.252 e. The number of aromatic hydroxyl groups is 1. The molecule has 0 aliphatic carbocycles. The van der Waals surface area contributed by atoms with Crippen molar-refractivity contribution in [2.75, 3.05) is 20.1 Å².